The van der Waals surface area contributed by atoms with Crippen molar-refractivity contribution in [2.45, 2.75) is 60.0 Å². The molecule has 0 saturated heterocycles. The van der Waals surface area contributed by atoms with Crippen molar-refractivity contribution in [1.82, 2.24) is 0 Å². The number of carbonyl (C=O) groups excluding carboxylic acids is 1. The molecule has 0 aromatic carbocycles. The van der Waals surface area contributed by atoms with Crippen LogP contribution in [0.4, 0.5) is 0 Å². The Balaban J connectivity index is 0. The van der Waals surface area contributed by atoms with Crippen LogP contribution >= 0.6 is 0 Å². The van der Waals surface area contributed by atoms with Crippen LogP contribution in [-0.4, -0.2) is 25.0 Å². The lowest BCUT2D eigenvalue weighted by molar-refractivity contribution is -0.140. The molecule has 3 nitrogen and oxygen atoms in total. The minimum atomic E-state index is -0.163. The first-order valence-electron chi connectivity index (χ1n) is 6.87. The Hall–Kier alpha value is -0.410. The second kappa shape index (κ2) is 7.83. The third-order valence-electron chi connectivity index (χ3n) is 3.49. The van der Waals surface area contributed by atoms with E-state index in [0.29, 0.717) is 18.9 Å². The first kappa shape index (κ1) is 16.6. The number of carbonyl (C=O) groups is 1. The smallest absolute Gasteiger partial charge is 0.141 e. The van der Waals surface area contributed by atoms with E-state index in [-0.39, 0.29) is 18.9 Å². The van der Waals surface area contributed by atoms with Gasteiger partial charge >= 0.3 is 0 Å². The number of ketones is 1. The van der Waals surface area contributed by atoms with Crippen molar-refractivity contribution >= 4 is 5.78 Å². The maximum atomic E-state index is 12.0. The summed E-state index contributed by atoms with van der Waals surface area (Å²) in [5.74, 6) is 0.625. The lowest BCUT2D eigenvalue weighted by atomic mass is 9.70. The fourth-order valence-electron chi connectivity index (χ4n) is 1.88. The number of ether oxygens (including phenoxy) is 1. The highest BCUT2D eigenvalue weighted by molar-refractivity contribution is 5.87. The van der Waals surface area contributed by atoms with E-state index in [1.807, 2.05) is 27.7 Å². The zero-order valence-corrected chi connectivity index (χ0v) is 12.1. The first-order valence-corrected chi connectivity index (χ1v) is 6.87. The second-order valence-electron chi connectivity index (χ2n) is 5.05. The average Bonchev–Trinajstić information content (AvgIpc) is 2.29. The molecule has 1 fully saturated rings. The van der Waals surface area contributed by atoms with Crippen LogP contribution in [0.3, 0.4) is 0 Å². The van der Waals surface area contributed by atoms with E-state index in [4.69, 9.17) is 10.5 Å². The summed E-state index contributed by atoms with van der Waals surface area (Å²) in [6.45, 7) is 11.3. The fraction of sp³-hybridized carbons (Fsp3) is 0.929. The molecule has 3 heteroatoms. The topological polar surface area (TPSA) is 52.3 Å². The Morgan fingerprint density at radius 2 is 1.94 bits per heavy atom. The van der Waals surface area contributed by atoms with Gasteiger partial charge in [-0.15, -0.1) is 0 Å². The lowest BCUT2D eigenvalue weighted by Gasteiger charge is -2.38. The van der Waals surface area contributed by atoms with Crippen LogP contribution in [0.1, 0.15) is 55.3 Å². The zero-order chi connectivity index (χ0) is 13.5. The fourth-order valence-corrected chi connectivity index (χ4v) is 1.88. The zero-order valence-electron chi connectivity index (χ0n) is 12.1. The molecule has 2 N–H and O–H groups in total. The van der Waals surface area contributed by atoms with E-state index in [9.17, 15) is 4.79 Å². The summed E-state index contributed by atoms with van der Waals surface area (Å²) in [6, 6.07) is 0. The van der Waals surface area contributed by atoms with Crippen LogP contribution in [-0.2, 0) is 9.53 Å². The molecule has 17 heavy (non-hydrogen) atoms. The summed E-state index contributed by atoms with van der Waals surface area (Å²) >= 11 is 0. The molecular formula is C14H31NO2. The minimum absolute atomic E-state index is 0. The Labute approximate surface area is 108 Å². The molecule has 1 saturated carbocycles. The van der Waals surface area contributed by atoms with Crippen LogP contribution in [0.2, 0.25) is 0 Å². The molecule has 0 spiro atoms. The van der Waals surface area contributed by atoms with Crippen LogP contribution < -0.4 is 5.73 Å². The van der Waals surface area contributed by atoms with E-state index < -0.39 is 0 Å². The third kappa shape index (κ3) is 4.76. The van der Waals surface area contributed by atoms with Crippen molar-refractivity contribution in [2.24, 2.45) is 17.1 Å². The molecule has 0 radical (unpaired) electrons. The van der Waals surface area contributed by atoms with E-state index in [1.54, 1.807) is 0 Å². The molecule has 0 heterocycles. The molecule has 0 aliphatic heterocycles. The van der Waals surface area contributed by atoms with E-state index >= 15 is 0 Å². The standard InChI is InChI=1S/C12H23NO2.C2H6.H2/c1-4-12(2,3)11(14)9-7-10(8-9)15-6-5-13;1-2;/h9-10H,4-8,13H2,1-3H3;1-2H3;1H. The van der Waals surface area contributed by atoms with E-state index in [2.05, 4.69) is 6.92 Å². The van der Waals surface area contributed by atoms with Crippen LogP contribution in [0.15, 0.2) is 0 Å². The Morgan fingerprint density at radius 3 is 2.35 bits per heavy atom. The van der Waals surface area contributed by atoms with Crippen molar-refractivity contribution in [2.75, 3.05) is 13.2 Å². The summed E-state index contributed by atoms with van der Waals surface area (Å²) < 4.78 is 5.48. The number of hydrogen-bond acceptors (Lipinski definition) is 3. The molecule has 0 aromatic heterocycles. The van der Waals surface area contributed by atoms with Gasteiger partial charge < -0.3 is 10.5 Å². The van der Waals surface area contributed by atoms with Gasteiger partial charge in [-0.05, 0) is 19.3 Å². The van der Waals surface area contributed by atoms with Gasteiger partial charge in [0.1, 0.15) is 5.78 Å². The van der Waals surface area contributed by atoms with Crippen molar-refractivity contribution in [3.8, 4) is 0 Å². The predicted octanol–water partition coefficient (Wildman–Crippen LogP) is 3.02. The van der Waals surface area contributed by atoms with Crippen molar-refractivity contribution < 1.29 is 11.0 Å². The largest absolute Gasteiger partial charge is 0.377 e. The number of nitrogens with two attached hydrogens (primary N) is 1. The summed E-state index contributed by atoms with van der Waals surface area (Å²) in [7, 11) is 0. The van der Waals surface area contributed by atoms with Gasteiger partial charge in [0.05, 0.1) is 12.7 Å². The third-order valence-corrected chi connectivity index (χ3v) is 3.49. The minimum Gasteiger partial charge on any atom is -0.377 e. The van der Waals surface area contributed by atoms with Crippen LogP contribution in [0.25, 0.3) is 0 Å². The number of Topliss-reactive ketones (excluding diaryl/α,β-unsaturated/α-hetero) is 1. The molecule has 1 aliphatic rings. The van der Waals surface area contributed by atoms with E-state index in [0.717, 1.165) is 19.3 Å². The maximum Gasteiger partial charge on any atom is 0.141 e. The van der Waals surface area contributed by atoms with Gasteiger partial charge in [0.25, 0.3) is 0 Å². The summed E-state index contributed by atoms with van der Waals surface area (Å²) in [5.41, 5.74) is 5.19. The van der Waals surface area contributed by atoms with Gasteiger partial charge in [-0.25, -0.2) is 0 Å². The van der Waals surface area contributed by atoms with Crippen LogP contribution in [0.5, 0.6) is 0 Å². The SMILES string of the molecule is CC.CCC(C)(C)C(=O)C1CC(OCCN)C1.[HH]. The van der Waals surface area contributed by atoms with Crippen molar-refractivity contribution in [3.05, 3.63) is 0 Å². The van der Waals surface area contributed by atoms with Gasteiger partial charge in [-0.3, -0.25) is 4.79 Å². The Morgan fingerprint density at radius 1 is 1.41 bits per heavy atom. The average molecular weight is 245 g/mol. The van der Waals surface area contributed by atoms with Gasteiger partial charge in [-0.2, -0.15) is 0 Å². The monoisotopic (exact) mass is 245 g/mol. The summed E-state index contributed by atoms with van der Waals surface area (Å²) in [6.07, 6.45) is 2.97. The maximum absolute atomic E-state index is 12.0. The van der Waals surface area contributed by atoms with Crippen molar-refractivity contribution in [3.63, 3.8) is 0 Å². The Bertz CT molecular complexity index is 226. The molecule has 0 aromatic rings. The lowest BCUT2D eigenvalue weighted by Crippen LogP contribution is -2.42. The number of hydrogen-bond donors (Lipinski definition) is 1. The second-order valence-corrected chi connectivity index (χ2v) is 5.05. The summed E-state index contributed by atoms with van der Waals surface area (Å²) in [5, 5.41) is 0. The molecule has 0 unspecified atom stereocenters. The molecule has 104 valence electrons. The van der Waals surface area contributed by atoms with Crippen molar-refractivity contribution in [1.29, 1.82) is 0 Å². The highest BCUT2D eigenvalue weighted by Gasteiger charge is 2.40. The van der Waals surface area contributed by atoms with Gasteiger partial charge in [0.15, 0.2) is 0 Å². The highest BCUT2D eigenvalue weighted by Crippen LogP contribution is 2.37. The Kier molecular flexibility index (Phi) is 7.64. The van der Waals surface area contributed by atoms with Gasteiger partial charge in [0, 0.05) is 19.3 Å². The van der Waals surface area contributed by atoms with Gasteiger partial charge in [0.2, 0.25) is 0 Å². The normalized spacial score (nSPS) is 23.4. The quantitative estimate of drug-likeness (QED) is 0.782. The van der Waals surface area contributed by atoms with Gasteiger partial charge in [-0.1, -0.05) is 34.6 Å². The molecule has 0 bridgehead atoms. The highest BCUT2D eigenvalue weighted by atomic mass is 16.5. The number of rotatable bonds is 6. The predicted molar refractivity (Wildman–Crippen MR) is 74.1 cm³/mol. The molecule has 0 amide bonds. The van der Waals surface area contributed by atoms with Crippen LogP contribution in [0, 0.1) is 11.3 Å². The molecular weight excluding hydrogens is 214 g/mol. The summed E-state index contributed by atoms with van der Waals surface area (Å²) in [4.78, 5) is 12.0. The molecule has 1 rings (SSSR count). The van der Waals surface area contributed by atoms with E-state index in [1.165, 1.54) is 0 Å². The first-order chi connectivity index (χ1) is 8.01. The molecule has 0 atom stereocenters. The molecule has 1 aliphatic carbocycles.